The second-order valence-corrected chi connectivity index (χ2v) is 17.1. The van der Waals surface area contributed by atoms with Crippen molar-refractivity contribution in [3.8, 4) is 5.75 Å². The third-order valence-electron chi connectivity index (χ3n) is 11.2. The highest BCUT2D eigenvalue weighted by Crippen LogP contribution is 2.47. The minimum atomic E-state index is -4.28. The summed E-state index contributed by atoms with van der Waals surface area (Å²) in [4.78, 5) is 29.5. The van der Waals surface area contributed by atoms with Crippen molar-refractivity contribution in [1.82, 2.24) is 9.62 Å². The number of rotatable bonds is 3. The first-order valence-electron chi connectivity index (χ1n) is 17.6. The average molecular weight is 748 g/mol. The van der Waals surface area contributed by atoms with Crippen molar-refractivity contribution in [3.05, 3.63) is 64.7 Å². The van der Waals surface area contributed by atoms with Gasteiger partial charge in [-0.25, -0.2) is 21.9 Å². The number of hydrogen-bond acceptors (Lipinski definition) is 8. The van der Waals surface area contributed by atoms with Gasteiger partial charge in [0.15, 0.2) is 12.3 Å². The zero-order valence-corrected chi connectivity index (χ0v) is 30.4. The maximum Gasteiger partial charge on any atom is 0.265 e. The molecule has 2 fully saturated rings. The van der Waals surface area contributed by atoms with Crippen molar-refractivity contribution in [2.24, 2.45) is 11.8 Å². The number of amides is 2. The minimum absolute atomic E-state index is 0.0207. The summed E-state index contributed by atoms with van der Waals surface area (Å²) in [6, 6.07) is 10.7. The summed E-state index contributed by atoms with van der Waals surface area (Å²) < 4.78 is 75.8. The Labute approximate surface area is 302 Å². The van der Waals surface area contributed by atoms with Crippen molar-refractivity contribution in [1.29, 1.82) is 0 Å². The van der Waals surface area contributed by atoms with Gasteiger partial charge in [-0.2, -0.15) is 0 Å². The van der Waals surface area contributed by atoms with E-state index in [1.165, 1.54) is 31.0 Å². The van der Waals surface area contributed by atoms with Gasteiger partial charge in [0.25, 0.3) is 15.9 Å². The molecule has 2 aromatic rings. The molecular formula is C37H44ClF2N3O7S. The molecule has 1 saturated carbocycles. The molecule has 14 heteroatoms. The van der Waals surface area contributed by atoms with Crippen LogP contribution >= 0.6 is 11.6 Å². The van der Waals surface area contributed by atoms with E-state index in [-0.39, 0.29) is 43.0 Å². The fraction of sp³-hybridized carbons (Fsp3) is 0.568. The summed E-state index contributed by atoms with van der Waals surface area (Å²) in [6.07, 6.45) is 3.94. The lowest BCUT2D eigenvalue weighted by Gasteiger charge is -2.46. The quantitative estimate of drug-likeness (QED) is 0.441. The van der Waals surface area contributed by atoms with Crippen molar-refractivity contribution >= 4 is 39.1 Å². The molecule has 3 aliphatic heterocycles. The summed E-state index contributed by atoms with van der Waals surface area (Å²) in [6.45, 7) is 3.49. The molecule has 0 aromatic heterocycles. The van der Waals surface area contributed by atoms with Gasteiger partial charge in [-0.05, 0) is 99.2 Å². The molecular weight excluding hydrogens is 704 g/mol. The molecule has 1 spiro atoms. The van der Waals surface area contributed by atoms with Gasteiger partial charge >= 0.3 is 0 Å². The van der Waals surface area contributed by atoms with Gasteiger partial charge in [0.05, 0.1) is 43.0 Å². The Balaban J connectivity index is 1.24. The highest BCUT2D eigenvalue weighted by Gasteiger charge is 2.45. The number of anilines is 1. The lowest BCUT2D eigenvalue weighted by molar-refractivity contribution is -0.140. The average Bonchev–Trinajstić information content (AvgIpc) is 3.33. The Morgan fingerprint density at radius 1 is 1.10 bits per heavy atom. The monoisotopic (exact) mass is 747 g/mol. The minimum Gasteiger partial charge on any atom is -0.490 e. The predicted molar refractivity (Wildman–Crippen MR) is 187 cm³/mol. The number of carbonyl (C=O) groups excluding carboxylic acids is 2. The first-order chi connectivity index (χ1) is 24.2. The van der Waals surface area contributed by atoms with E-state index in [4.69, 9.17) is 25.8 Å². The molecule has 7 rings (SSSR count). The Morgan fingerprint density at radius 3 is 2.63 bits per heavy atom. The first kappa shape index (κ1) is 36.1. The van der Waals surface area contributed by atoms with Crippen molar-refractivity contribution < 1.29 is 41.0 Å². The lowest BCUT2D eigenvalue weighted by atomic mass is 9.68. The number of carbonyl (C=O) groups is 2. The van der Waals surface area contributed by atoms with Crippen LogP contribution in [0.15, 0.2) is 53.4 Å². The number of aryl methyl sites for hydroxylation is 1. The molecule has 2 amide bonds. The van der Waals surface area contributed by atoms with E-state index >= 15 is 0 Å². The van der Waals surface area contributed by atoms with Gasteiger partial charge in [-0.3, -0.25) is 9.59 Å². The molecule has 2 bridgehead atoms. The van der Waals surface area contributed by atoms with E-state index in [1.54, 1.807) is 24.3 Å². The van der Waals surface area contributed by atoms with E-state index in [1.807, 2.05) is 12.1 Å². The van der Waals surface area contributed by atoms with Crippen LogP contribution in [0.5, 0.6) is 5.75 Å². The molecule has 0 radical (unpaired) electrons. The van der Waals surface area contributed by atoms with Gasteiger partial charge in [0, 0.05) is 23.5 Å². The van der Waals surface area contributed by atoms with E-state index in [2.05, 4.69) is 15.7 Å². The zero-order chi connectivity index (χ0) is 36.1. The number of benzene rings is 2. The zero-order valence-electron chi connectivity index (χ0n) is 28.8. The highest BCUT2D eigenvalue weighted by molar-refractivity contribution is 7.90. The smallest absolute Gasteiger partial charge is 0.265 e. The molecule has 3 heterocycles. The second kappa shape index (κ2) is 13.9. The summed E-state index contributed by atoms with van der Waals surface area (Å²) in [5.41, 5.74) is 1.05. The van der Waals surface area contributed by atoms with Crippen LogP contribution in [-0.2, 0) is 40.9 Å². The normalized spacial score (nSPS) is 32.1. The topological polar surface area (TPSA) is 114 Å². The van der Waals surface area contributed by atoms with Crippen LogP contribution in [0.1, 0.15) is 50.7 Å². The molecule has 276 valence electrons. The molecule has 0 unspecified atom stereocenters. The number of halogens is 3. The third kappa shape index (κ3) is 7.23. The maximum absolute atomic E-state index is 13.9. The van der Waals surface area contributed by atoms with Crippen LogP contribution in [0.25, 0.3) is 0 Å². The molecule has 2 aromatic carbocycles. The maximum atomic E-state index is 13.9. The summed E-state index contributed by atoms with van der Waals surface area (Å²) in [5.74, 6) is -0.697. The molecule has 5 aliphatic rings. The number of sulfonamides is 1. The Hall–Kier alpha value is -3.26. The summed E-state index contributed by atoms with van der Waals surface area (Å²) in [7, 11) is -4.28. The predicted octanol–water partition coefficient (Wildman–Crippen LogP) is 4.91. The largest absolute Gasteiger partial charge is 0.490 e. The SMILES string of the molecule is CC1(C)OC/C=C/[C@H](OCC(=O)N2C[C@@H](F)[C@H](F)C2)[C@@H]2CC[C@H]2CN2C[C@@]3(CCCc4cc(Cl)ccc43)COc3ccc(cc32)S(=O)(=O)NC1=O. The summed E-state index contributed by atoms with van der Waals surface area (Å²) >= 11 is 6.42. The molecule has 6 atom stereocenters. The molecule has 1 saturated heterocycles. The summed E-state index contributed by atoms with van der Waals surface area (Å²) in [5, 5.41) is 0.674. The first-order valence-corrected chi connectivity index (χ1v) is 19.5. The van der Waals surface area contributed by atoms with Gasteiger partial charge in [0.1, 0.15) is 18.0 Å². The Kier molecular flexibility index (Phi) is 9.87. The number of likely N-dealkylation sites (tertiary alicyclic amines) is 1. The number of nitrogens with zero attached hydrogens (tertiary/aromatic N) is 2. The molecule has 2 aliphatic carbocycles. The second-order valence-electron chi connectivity index (χ2n) is 15.0. The third-order valence-corrected chi connectivity index (χ3v) is 12.8. The van der Waals surface area contributed by atoms with Crippen molar-refractivity contribution in [3.63, 3.8) is 0 Å². The van der Waals surface area contributed by atoms with Crippen LogP contribution in [0.4, 0.5) is 14.5 Å². The van der Waals surface area contributed by atoms with E-state index in [0.717, 1.165) is 37.0 Å². The van der Waals surface area contributed by atoms with Crippen molar-refractivity contribution in [2.75, 3.05) is 50.9 Å². The Bertz CT molecular complexity index is 1820. The fourth-order valence-electron chi connectivity index (χ4n) is 8.12. The van der Waals surface area contributed by atoms with Crippen LogP contribution in [-0.4, -0.2) is 95.2 Å². The molecule has 10 nitrogen and oxygen atoms in total. The van der Waals surface area contributed by atoms with Crippen LogP contribution in [0.3, 0.4) is 0 Å². The van der Waals surface area contributed by atoms with Gasteiger partial charge in [-0.15, -0.1) is 0 Å². The lowest BCUT2D eigenvalue weighted by Crippen LogP contribution is -2.50. The fourth-order valence-corrected chi connectivity index (χ4v) is 9.44. The van der Waals surface area contributed by atoms with E-state index < -0.39 is 51.3 Å². The number of alkyl halides is 2. The number of fused-ring (bicyclic) bond motifs is 4. The number of ether oxygens (including phenoxy) is 3. The van der Waals surface area contributed by atoms with Gasteiger partial charge < -0.3 is 24.0 Å². The number of nitrogens with one attached hydrogen (secondary N) is 1. The molecule has 51 heavy (non-hydrogen) atoms. The molecule has 1 N–H and O–H groups in total. The van der Waals surface area contributed by atoms with Gasteiger partial charge in [-0.1, -0.05) is 29.8 Å². The van der Waals surface area contributed by atoms with Crippen LogP contribution in [0, 0.1) is 11.8 Å². The van der Waals surface area contributed by atoms with Gasteiger partial charge in [0.2, 0.25) is 5.91 Å². The Morgan fingerprint density at radius 2 is 1.88 bits per heavy atom. The van der Waals surface area contributed by atoms with Crippen LogP contribution in [0.2, 0.25) is 5.02 Å². The standard InChI is InChI=1S/C37H44ClF2N3O7S/c1-36(2)35(45)41-51(46,47)26-9-12-33-31(16-26)43(21-37(22-49-33)13-3-5-23-15-25(38)8-11-28(23)37)17-24-7-10-27(24)32(6-4-14-50-36)48-20-34(44)42-18-29(39)30(40)19-42/h4,6,8-9,11-12,15-16,24,27,29-30,32H,3,5,7,10,13-14,17-22H2,1-2H3,(H,41,45)/b6-4+/t24-,27+,29+,30+,32-,37-/m0/s1. The highest BCUT2D eigenvalue weighted by atomic mass is 35.5. The van der Waals surface area contributed by atoms with E-state index in [9.17, 15) is 26.8 Å². The van der Waals surface area contributed by atoms with Crippen LogP contribution < -0.4 is 14.4 Å². The van der Waals surface area contributed by atoms with Crippen molar-refractivity contribution in [2.45, 2.75) is 80.3 Å². The van der Waals surface area contributed by atoms with E-state index in [0.29, 0.717) is 36.2 Å². The number of hydrogen-bond donors (Lipinski definition) is 1.